The first-order valence-corrected chi connectivity index (χ1v) is 6.14. The summed E-state index contributed by atoms with van der Waals surface area (Å²) in [6.07, 6.45) is 3.10. The molecule has 20 heavy (non-hydrogen) atoms. The Morgan fingerprint density at radius 3 is 2.70 bits per heavy atom. The van der Waals surface area contributed by atoms with E-state index < -0.39 is 0 Å². The quantitative estimate of drug-likeness (QED) is 0.813. The van der Waals surface area contributed by atoms with Crippen LogP contribution in [0.4, 0.5) is 5.82 Å². The zero-order chi connectivity index (χ0) is 14.1. The Balaban J connectivity index is 1.89. The van der Waals surface area contributed by atoms with Crippen molar-refractivity contribution in [3.8, 4) is 0 Å². The lowest BCUT2D eigenvalue weighted by atomic mass is 9.98. The van der Waals surface area contributed by atoms with Crippen LogP contribution in [0.2, 0.25) is 0 Å². The van der Waals surface area contributed by atoms with Gasteiger partial charge in [0.15, 0.2) is 0 Å². The molecule has 1 aromatic heterocycles. The van der Waals surface area contributed by atoms with E-state index in [1.54, 1.807) is 18.2 Å². The number of aromatic nitrogens is 2. The maximum atomic E-state index is 12.3. The second-order valence-electron chi connectivity index (χ2n) is 4.55. The highest BCUT2D eigenvalue weighted by atomic mass is 16.2. The highest BCUT2D eigenvalue weighted by Crippen LogP contribution is 2.20. The molecule has 1 aliphatic heterocycles. The minimum Gasteiger partial charge on any atom is -0.382 e. The van der Waals surface area contributed by atoms with Gasteiger partial charge in [0.05, 0.1) is 31.1 Å². The lowest BCUT2D eigenvalue weighted by molar-refractivity contribution is -0.128. The second kappa shape index (κ2) is 4.73. The maximum Gasteiger partial charge on any atom is 0.261 e. The van der Waals surface area contributed by atoms with E-state index in [0.717, 1.165) is 5.56 Å². The molecular weight excluding hydrogens is 256 g/mol. The minimum atomic E-state index is -0.296. The third-order valence-corrected chi connectivity index (χ3v) is 3.18. The fourth-order valence-electron chi connectivity index (χ4n) is 2.17. The van der Waals surface area contributed by atoms with Gasteiger partial charge in [0, 0.05) is 5.56 Å². The van der Waals surface area contributed by atoms with E-state index in [9.17, 15) is 9.59 Å². The molecule has 0 atom stereocenters. The molecule has 2 aromatic rings. The van der Waals surface area contributed by atoms with Gasteiger partial charge in [0.25, 0.3) is 5.91 Å². The summed E-state index contributed by atoms with van der Waals surface area (Å²) in [5.41, 5.74) is 7.32. The molecule has 1 aliphatic rings. The number of carbonyl (C=O) groups excluding carboxylic acids is 2. The average Bonchev–Trinajstić information content (AvgIpc) is 2.45. The Labute approximate surface area is 115 Å². The standard InChI is InChI=1S/C14H12N4O2/c15-12-7-16-10(6-17-12)8-18-13(19)5-9-3-1-2-4-11(9)14(18)20/h1-4,6-7H,5,8H2,(H2,15,17). The Morgan fingerprint density at radius 1 is 1.15 bits per heavy atom. The molecule has 0 aliphatic carbocycles. The number of rotatable bonds is 2. The van der Waals surface area contributed by atoms with Gasteiger partial charge in [-0.3, -0.25) is 19.5 Å². The number of anilines is 1. The minimum absolute atomic E-state index is 0.110. The van der Waals surface area contributed by atoms with E-state index in [-0.39, 0.29) is 24.8 Å². The molecular formula is C14H12N4O2. The third kappa shape index (κ3) is 2.11. The van der Waals surface area contributed by atoms with Crippen molar-refractivity contribution in [2.75, 3.05) is 5.73 Å². The van der Waals surface area contributed by atoms with Crippen molar-refractivity contribution in [1.29, 1.82) is 0 Å². The monoisotopic (exact) mass is 268 g/mol. The number of imide groups is 1. The van der Waals surface area contributed by atoms with Gasteiger partial charge < -0.3 is 5.73 Å². The summed E-state index contributed by atoms with van der Waals surface area (Å²) in [5, 5.41) is 0. The molecule has 2 N–H and O–H groups in total. The van der Waals surface area contributed by atoms with Crippen LogP contribution in [0.5, 0.6) is 0 Å². The van der Waals surface area contributed by atoms with E-state index >= 15 is 0 Å². The van der Waals surface area contributed by atoms with Crippen LogP contribution in [-0.4, -0.2) is 26.7 Å². The van der Waals surface area contributed by atoms with Crippen LogP contribution >= 0.6 is 0 Å². The average molecular weight is 268 g/mol. The molecule has 6 nitrogen and oxygen atoms in total. The molecule has 0 saturated heterocycles. The van der Waals surface area contributed by atoms with Crippen LogP contribution in [0.3, 0.4) is 0 Å². The highest BCUT2D eigenvalue weighted by Gasteiger charge is 2.30. The van der Waals surface area contributed by atoms with Crippen molar-refractivity contribution in [1.82, 2.24) is 14.9 Å². The van der Waals surface area contributed by atoms with E-state index in [0.29, 0.717) is 17.1 Å². The maximum absolute atomic E-state index is 12.3. The second-order valence-corrected chi connectivity index (χ2v) is 4.55. The smallest absolute Gasteiger partial charge is 0.261 e. The van der Waals surface area contributed by atoms with Gasteiger partial charge in [-0.2, -0.15) is 0 Å². The fourth-order valence-corrected chi connectivity index (χ4v) is 2.17. The summed E-state index contributed by atoms with van der Waals surface area (Å²) in [5.74, 6) is -0.224. The number of hydrogen-bond donors (Lipinski definition) is 1. The van der Waals surface area contributed by atoms with E-state index in [4.69, 9.17) is 5.73 Å². The molecule has 0 saturated carbocycles. The SMILES string of the molecule is Nc1cnc(CN2C(=O)Cc3ccccc3C2=O)cn1. The van der Waals surface area contributed by atoms with Crippen molar-refractivity contribution in [3.63, 3.8) is 0 Å². The van der Waals surface area contributed by atoms with Crippen molar-refractivity contribution >= 4 is 17.6 Å². The normalized spacial score (nSPS) is 14.3. The molecule has 3 rings (SSSR count). The molecule has 2 amide bonds. The molecule has 100 valence electrons. The van der Waals surface area contributed by atoms with E-state index in [2.05, 4.69) is 9.97 Å². The lowest BCUT2D eigenvalue weighted by Gasteiger charge is -2.26. The Bertz CT molecular complexity index is 682. The number of benzene rings is 1. The first kappa shape index (κ1) is 12.3. The van der Waals surface area contributed by atoms with Crippen molar-refractivity contribution in [2.24, 2.45) is 0 Å². The Kier molecular flexibility index (Phi) is 2.90. The summed E-state index contributed by atoms with van der Waals surface area (Å²) < 4.78 is 0. The van der Waals surface area contributed by atoms with Crippen LogP contribution in [0.1, 0.15) is 21.6 Å². The Hall–Kier alpha value is -2.76. The first-order valence-electron chi connectivity index (χ1n) is 6.14. The predicted molar refractivity (Wildman–Crippen MR) is 71.5 cm³/mol. The summed E-state index contributed by atoms with van der Waals surface area (Å²) in [6.45, 7) is 0.110. The van der Waals surface area contributed by atoms with Crippen molar-refractivity contribution in [3.05, 3.63) is 53.5 Å². The van der Waals surface area contributed by atoms with Crippen LogP contribution in [0.15, 0.2) is 36.7 Å². The molecule has 0 bridgehead atoms. The van der Waals surface area contributed by atoms with Gasteiger partial charge in [-0.25, -0.2) is 4.98 Å². The van der Waals surface area contributed by atoms with Crippen LogP contribution in [0.25, 0.3) is 0 Å². The van der Waals surface area contributed by atoms with Crippen LogP contribution < -0.4 is 5.73 Å². The molecule has 0 unspecified atom stereocenters. The number of nitrogen functional groups attached to an aromatic ring is 1. The molecule has 6 heteroatoms. The van der Waals surface area contributed by atoms with E-state index in [1.807, 2.05) is 6.07 Å². The van der Waals surface area contributed by atoms with Crippen LogP contribution in [-0.2, 0) is 17.8 Å². The van der Waals surface area contributed by atoms with Gasteiger partial charge in [-0.1, -0.05) is 18.2 Å². The summed E-state index contributed by atoms with van der Waals surface area (Å²) in [4.78, 5) is 33.6. The molecule has 2 heterocycles. The number of nitrogens with zero attached hydrogens (tertiary/aromatic N) is 3. The first-order chi connectivity index (χ1) is 9.65. The largest absolute Gasteiger partial charge is 0.382 e. The number of nitrogens with two attached hydrogens (primary N) is 1. The van der Waals surface area contributed by atoms with Crippen LogP contribution in [0, 0.1) is 0 Å². The van der Waals surface area contributed by atoms with Gasteiger partial charge in [-0.05, 0) is 11.6 Å². The number of carbonyl (C=O) groups is 2. The molecule has 1 aromatic carbocycles. The predicted octanol–water partition coefficient (Wildman–Crippen LogP) is 0.784. The van der Waals surface area contributed by atoms with Gasteiger partial charge in [0.1, 0.15) is 5.82 Å². The fraction of sp³-hybridized carbons (Fsp3) is 0.143. The molecule has 0 spiro atoms. The number of amides is 2. The Morgan fingerprint density at radius 2 is 1.95 bits per heavy atom. The topological polar surface area (TPSA) is 89.2 Å². The number of fused-ring (bicyclic) bond motifs is 1. The summed E-state index contributed by atoms with van der Waals surface area (Å²) in [7, 11) is 0. The summed E-state index contributed by atoms with van der Waals surface area (Å²) >= 11 is 0. The van der Waals surface area contributed by atoms with Gasteiger partial charge in [-0.15, -0.1) is 0 Å². The zero-order valence-corrected chi connectivity index (χ0v) is 10.6. The zero-order valence-electron chi connectivity index (χ0n) is 10.6. The molecule has 0 radical (unpaired) electrons. The lowest BCUT2D eigenvalue weighted by Crippen LogP contribution is -2.41. The number of hydrogen-bond acceptors (Lipinski definition) is 5. The van der Waals surface area contributed by atoms with E-state index in [1.165, 1.54) is 17.3 Å². The molecule has 0 fully saturated rings. The van der Waals surface area contributed by atoms with Gasteiger partial charge in [0.2, 0.25) is 5.91 Å². The van der Waals surface area contributed by atoms with Gasteiger partial charge >= 0.3 is 0 Å². The summed E-state index contributed by atoms with van der Waals surface area (Å²) in [6, 6.07) is 7.13. The highest BCUT2D eigenvalue weighted by molar-refractivity contribution is 6.09. The van der Waals surface area contributed by atoms with Crippen molar-refractivity contribution in [2.45, 2.75) is 13.0 Å². The third-order valence-electron chi connectivity index (χ3n) is 3.18. The van der Waals surface area contributed by atoms with Crippen molar-refractivity contribution < 1.29 is 9.59 Å².